The van der Waals surface area contributed by atoms with Gasteiger partial charge in [0.25, 0.3) is 0 Å². The standard InChI is InChI=1S/C24H32ClN3O4S/c1-6-19-11-13-21(14-12-19)28(33(5,31)32)16-23(29)27(18(4)24(30)26-17(2)3)15-20-9-7-8-10-22(20)25/h7-14,17-18H,6,15-16H2,1-5H3,(H,26,30). The maximum absolute atomic E-state index is 13.4. The Morgan fingerprint density at radius 3 is 2.15 bits per heavy atom. The number of anilines is 1. The molecule has 2 aromatic rings. The molecule has 0 aliphatic rings. The molecule has 7 nitrogen and oxygen atoms in total. The van der Waals surface area contributed by atoms with Gasteiger partial charge in [0.05, 0.1) is 11.9 Å². The van der Waals surface area contributed by atoms with Crippen LogP contribution in [-0.4, -0.2) is 50.0 Å². The zero-order valence-electron chi connectivity index (χ0n) is 19.7. The predicted octanol–water partition coefficient (Wildman–Crippen LogP) is 3.61. The van der Waals surface area contributed by atoms with Crippen LogP contribution in [0.5, 0.6) is 0 Å². The Bertz CT molecular complexity index is 1070. The summed E-state index contributed by atoms with van der Waals surface area (Å²) in [6, 6.07) is 13.1. The molecule has 0 aromatic heterocycles. The third kappa shape index (κ3) is 7.47. The van der Waals surface area contributed by atoms with Crippen LogP contribution in [0.3, 0.4) is 0 Å². The Kier molecular flexibility index (Phi) is 9.31. The summed E-state index contributed by atoms with van der Waals surface area (Å²) in [5.41, 5.74) is 2.10. The molecule has 33 heavy (non-hydrogen) atoms. The summed E-state index contributed by atoms with van der Waals surface area (Å²) < 4.78 is 26.2. The van der Waals surface area contributed by atoms with E-state index in [2.05, 4.69) is 5.32 Å². The first-order valence-corrected chi connectivity index (χ1v) is 13.1. The maximum Gasteiger partial charge on any atom is 0.244 e. The van der Waals surface area contributed by atoms with Crippen LogP contribution in [0.1, 0.15) is 38.8 Å². The zero-order chi connectivity index (χ0) is 24.8. The van der Waals surface area contributed by atoms with Crippen molar-refractivity contribution in [2.75, 3.05) is 17.1 Å². The number of nitrogens with one attached hydrogen (secondary N) is 1. The van der Waals surface area contributed by atoms with Gasteiger partial charge in [-0.3, -0.25) is 13.9 Å². The highest BCUT2D eigenvalue weighted by molar-refractivity contribution is 7.92. The van der Waals surface area contributed by atoms with Gasteiger partial charge in [-0.15, -0.1) is 0 Å². The molecule has 9 heteroatoms. The quantitative estimate of drug-likeness (QED) is 0.547. The summed E-state index contributed by atoms with van der Waals surface area (Å²) >= 11 is 6.30. The van der Waals surface area contributed by atoms with Gasteiger partial charge in [-0.1, -0.05) is 48.9 Å². The van der Waals surface area contributed by atoms with E-state index in [0.29, 0.717) is 16.3 Å². The average Bonchev–Trinajstić information content (AvgIpc) is 2.75. The molecular formula is C24H32ClN3O4S. The third-order valence-corrected chi connectivity index (χ3v) is 6.72. The highest BCUT2D eigenvalue weighted by atomic mass is 35.5. The minimum absolute atomic E-state index is 0.0670. The lowest BCUT2D eigenvalue weighted by Gasteiger charge is -2.32. The third-order valence-electron chi connectivity index (χ3n) is 5.21. The Balaban J connectivity index is 2.39. The van der Waals surface area contributed by atoms with Gasteiger partial charge in [-0.05, 0) is 56.5 Å². The molecule has 0 aliphatic heterocycles. The van der Waals surface area contributed by atoms with E-state index in [-0.39, 0.29) is 18.5 Å². The first kappa shape index (κ1) is 26.7. The fraction of sp³-hybridized carbons (Fsp3) is 0.417. The number of sulfonamides is 1. The van der Waals surface area contributed by atoms with Crippen molar-refractivity contribution < 1.29 is 18.0 Å². The molecule has 2 rings (SSSR count). The molecule has 2 aromatic carbocycles. The smallest absolute Gasteiger partial charge is 0.244 e. The van der Waals surface area contributed by atoms with Crippen molar-refractivity contribution >= 4 is 39.1 Å². The van der Waals surface area contributed by atoms with Crippen molar-refractivity contribution in [1.82, 2.24) is 10.2 Å². The summed E-state index contributed by atoms with van der Waals surface area (Å²) in [6.07, 6.45) is 1.87. The van der Waals surface area contributed by atoms with Gasteiger partial charge in [0, 0.05) is 17.6 Å². The number of carbonyl (C=O) groups excluding carboxylic acids is 2. The van der Waals surface area contributed by atoms with Crippen molar-refractivity contribution in [2.24, 2.45) is 0 Å². The molecule has 180 valence electrons. The minimum Gasteiger partial charge on any atom is -0.352 e. The molecule has 0 radical (unpaired) electrons. The minimum atomic E-state index is -3.75. The molecule has 0 fully saturated rings. The lowest BCUT2D eigenvalue weighted by atomic mass is 10.1. The van der Waals surface area contributed by atoms with E-state index in [9.17, 15) is 18.0 Å². The molecule has 1 unspecified atom stereocenters. The van der Waals surface area contributed by atoms with Gasteiger partial charge in [-0.25, -0.2) is 8.42 Å². The molecule has 1 N–H and O–H groups in total. The van der Waals surface area contributed by atoms with Crippen molar-refractivity contribution in [3.8, 4) is 0 Å². The second-order valence-corrected chi connectivity index (χ2v) is 10.6. The summed E-state index contributed by atoms with van der Waals surface area (Å²) in [5, 5.41) is 3.27. The number of hydrogen-bond acceptors (Lipinski definition) is 4. The number of aryl methyl sites for hydroxylation is 1. The Morgan fingerprint density at radius 2 is 1.64 bits per heavy atom. The van der Waals surface area contributed by atoms with Crippen LogP contribution in [-0.2, 0) is 32.6 Å². The van der Waals surface area contributed by atoms with E-state index in [1.807, 2.05) is 32.9 Å². The highest BCUT2D eigenvalue weighted by Crippen LogP contribution is 2.22. The van der Waals surface area contributed by atoms with Crippen LogP contribution in [0, 0.1) is 0 Å². The molecular weight excluding hydrogens is 462 g/mol. The highest BCUT2D eigenvalue weighted by Gasteiger charge is 2.30. The van der Waals surface area contributed by atoms with Crippen molar-refractivity contribution in [3.05, 3.63) is 64.7 Å². The van der Waals surface area contributed by atoms with Crippen LogP contribution in [0.15, 0.2) is 48.5 Å². The number of rotatable bonds is 10. The normalized spacial score (nSPS) is 12.3. The van der Waals surface area contributed by atoms with Crippen molar-refractivity contribution in [2.45, 2.75) is 52.7 Å². The summed E-state index contributed by atoms with van der Waals surface area (Å²) in [4.78, 5) is 27.5. The molecule has 0 saturated heterocycles. The first-order chi connectivity index (χ1) is 15.4. The SMILES string of the molecule is CCc1ccc(N(CC(=O)N(Cc2ccccc2Cl)C(C)C(=O)NC(C)C)S(C)(=O)=O)cc1. The molecule has 0 saturated carbocycles. The number of carbonyl (C=O) groups is 2. The Labute approximate surface area is 201 Å². The predicted molar refractivity (Wildman–Crippen MR) is 133 cm³/mol. The topological polar surface area (TPSA) is 86.8 Å². The van der Waals surface area contributed by atoms with Crippen LogP contribution < -0.4 is 9.62 Å². The molecule has 0 heterocycles. The molecule has 0 aliphatic carbocycles. The van der Waals surface area contributed by atoms with Gasteiger partial charge in [-0.2, -0.15) is 0 Å². The van der Waals surface area contributed by atoms with E-state index in [1.54, 1.807) is 43.3 Å². The van der Waals surface area contributed by atoms with Crippen molar-refractivity contribution in [3.63, 3.8) is 0 Å². The molecule has 0 spiro atoms. The van der Waals surface area contributed by atoms with Crippen LogP contribution in [0.25, 0.3) is 0 Å². The van der Waals surface area contributed by atoms with Gasteiger partial charge in [0.1, 0.15) is 12.6 Å². The van der Waals surface area contributed by atoms with Crippen LogP contribution in [0.2, 0.25) is 5.02 Å². The Morgan fingerprint density at radius 1 is 1.03 bits per heavy atom. The number of benzene rings is 2. The monoisotopic (exact) mass is 493 g/mol. The largest absolute Gasteiger partial charge is 0.352 e. The van der Waals surface area contributed by atoms with Crippen molar-refractivity contribution in [1.29, 1.82) is 0 Å². The van der Waals surface area contributed by atoms with E-state index < -0.39 is 28.5 Å². The van der Waals surface area contributed by atoms with Gasteiger partial charge in [0.2, 0.25) is 21.8 Å². The molecule has 2 amide bonds. The van der Waals surface area contributed by atoms with E-state index >= 15 is 0 Å². The lowest BCUT2D eigenvalue weighted by molar-refractivity contribution is -0.139. The number of nitrogens with zero attached hydrogens (tertiary/aromatic N) is 2. The van der Waals surface area contributed by atoms with Crippen LogP contribution >= 0.6 is 11.6 Å². The summed E-state index contributed by atoms with van der Waals surface area (Å²) in [5.74, 6) is -0.838. The maximum atomic E-state index is 13.4. The first-order valence-electron chi connectivity index (χ1n) is 10.8. The fourth-order valence-corrected chi connectivity index (χ4v) is 4.35. The molecule has 0 bridgehead atoms. The fourth-order valence-electron chi connectivity index (χ4n) is 3.31. The summed E-state index contributed by atoms with van der Waals surface area (Å²) in [6.45, 7) is 6.91. The van der Waals surface area contributed by atoms with Gasteiger partial charge in [0.15, 0.2) is 0 Å². The lowest BCUT2D eigenvalue weighted by Crippen LogP contribution is -2.52. The van der Waals surface area contributed by atoms with E-state index in [4.69, 9.17) is 11.6 Å². The summed E-state index contributed by atoms with van der Waals surface area (Å²) in [7, 11) is -3.75. The van der Waals surface area contributed by atoms with Crippen LogP contribution in [0.4, 0.5) is 5.69 Å². The van der Waals surface area contributed by atoms with E-state index in [1.165, 1.54) is 4.90 Å². The number of hydrogen-bond donors (Lipinski definition) is 1. The Hall–Kier alpha value is -2.58. The van der Waals surface area contributed by atoms with E-state index in [0.717, 1.165) is 22.5 Å². The average molecular weight is 494 g/mol. The zero-order valence-corrected chi connectivity index (χ0v) is 21.3. The second-order valence-electron chi connectivity index (χ2n) is 8.24. The molecule has 1 atom stereocenters. The number of amides is 2. The second kappa shape index (κ2) is 11.5. The number of halogens is 1. The van der Waals surface area contributed by atoms with Gasteiger partial charge >= 0.3 is 0 Å². The van der Waals surface area contributed by atoms with Gasteiger partial charge < -0.3 is 10.2 Å².